The third kappa shape index (κ3) is 5.59. The van der Waals surface area contributed by atoms with Crippen LogP contribution in [0.4, 0.5) is 34.1 Å². The van der Waals surface area contributed by atoms with E-state index < -0.39 is 0 Å². The molecule has 8 rings (SSSR count). The van der Waals surface area contributed by atoms with Crippen molar-refractivity contribution in [3.05, 3.63) is 145 Å². The Balaban J connectivity index is 0.000000241. The van der Waals surface area contributed by atoms with Crippen LogP contribution in [0, 0.1) is 18.8 Å². The number of hydrogen-bond acceptors (Lipinski definition) is 4. The van der Waals surface area contributed by atoms with Gasteiger partial charge < -0.3 is 19.7 Å². The Morgan fingerprint density at radius 1 is 0.674 bits per heavy atom. The van der Waals surface area contributed by atoms with Crippen LogP contribution < -0.4 is 14.7 Å². The Morgan fingerprint density at radius 2 is 1.37 bits per heavy atom. The molecular weight excluding hydrogens is 741 g/mol. The molecule has 5 heteroatoms. The normalized spacial score (nSPS) is 12.9. The van der Waals surface area contributed by atoms with Crippen molar-refractivity contribution in [2.24, 2.45) is 0 Å². The Kier molecular flexibility index (Phi) is 8.99. The molecule has 0 atom stereocenters. The molecule has 0 unspecified atom stereocenters. The van der Waals surface area contributed by atoms with Gasteiger partial charge in [-0.25, -0.2) is 0 Å². The van der Waals surface area contributed by atoms with E-state index in [1.54, 1.807) is 6.20 Å². The number of anilines is 6. The van der Waals surface area contributed by atoms with Gasteiger partial charge in [-0.05, 0) is 58.2 Å². The van der Waals surface area contributed by atoms with E-state index >= 15 is 0 Å². The van der Waals surface area contributed by atoms with Crippen molar-refractivity contribution in [1.82, 2.24) is 4.98 Å². The molecule has 6 aromatic rings. The van der Waals surface area contributed by atoms with Crippen molar-refractivity contribution in [2.45, 2.75) is 39.5 Å². The standard InChI is InChI=1S/C30H29N3.C11H8N.Ir/c1-19(2)23-12-8-13-24(20(3)4)29(23)32-18-33-28-17-22-11-7-6-10-21(22)16-27(28)31(5)25-14-9-15-26(32)30(25)33;1-2-6-10(7-3-1)11-8-4-5-9-12-11;/h6-16,18-20H,1-5H3;1-6,8-9H;/q-2;-1;+3. The molecule has 0 saturated carbocycles. The molecule has 0 fully saturated rings. The summed E-state index contributed by atoms with van der Waals surface area (Å²) in [4.78, 5) is 11.3. The van der Waals surface area contributed by atoms with E-state index in [1.165, 1.54) is 45.0 Å². The van der Waals surface area contributed by atoms with E-state index in [2.05, 4.69) is 140 Å². The Labute approximate surface area is 286 Å². The van der Waals surface area contributed by atoms with Gasteiger partial charge in [-0.3, -0.25) is 0 Å². The largest absolute Gasteiger partial charge is 3.00 e. The van der Waals surface area contributed by atoms with E-state index in [4.69, 9.17) is 0 Å². The van der Waals surface area contributed by atoms with Crippen LogP contribution in [0.1, 0.15) is 50.7 Å². The van der Waals surface area contributed by atoms with Gasteiger partial charge in [0.15, 0.2) is 0 Å². The van der Waals surface area contributed by atoms with Gasteiger partial charge in [-0.2, -0.15) is 0 Å². The molecular formula is C41H37IrN4. The van der Waals surface area contributed by atoms with Gasteiger partial charge in [0.05, 0.1) is 11.4 Å². The molecule has 46 heavy (non-hydrogen) atoms. The number of benzene rings is 5. The SMILES string of the molecule is CC(C)c1cccc(C(C)C)c1N1[CH-]N2c3[c-]c4ccccc4cc3N(C)c3cccc1c32.[Ir+3].[c-]1ccccc1-c1ccccn1. The van der Waals surface area contributed by atoms with Gasteiger partial charge in [0, 0.05) is 24.6 Å². The van der Waals surface area contributed by atoms with E-state index in [0.717, 1.165) is 22.3 Å². The fraction of sp³-hybridized carbons (Fsp3) is 0.171. The average molecular weight is 778 g/mol. The van der Waals surface area contributed by atoms with Crippen molar-refractivity contribution in [2.75, 3.05) is 21.7 Å². The summed E-state index contributed by atoms with van der Waals surface area (Å²) < 4.78 is 0. The third-order valence-corrected chi connectivity index (χ3v) is 8.67. The molecule has 0 N–H and O–H groups in total. The van der Waals surface area contributed by atoms with E-state index in [1.807, 2.05) is 42.5 Å². The van der Waals surface area contributed by atoms with Crippen molar-refractivity contribution >= 4 is 44.9 Å². The molecule has 2 aliphatic rings. The third-order valence-electron chi connectivity index (χ3n) is 8.67. The molecule has 3 heterocycles. The van der Waals surface area contributed by atoms with E-state index in [9.17, 15) is 0 Å². The quantitative estimate of drug-likeness (QED) is 0.166. The zero-order chi connectivity index (χ0) is 31.1. The number of hydrogen-bond donors (Lipinski definition) is 0. The van der Waals surface area contributed by atoms with Crippen LogP contribution in [0.2, 0.25) is 0 Å². The maximum absolute atomic E-state index is 4.22. The van der Waals surface area contributed by atoms with Crippen LogP contribution in [-0.4, -0.2) is 12.0 Å². The van der Waals surface area contributed by atoms with Crippen molar-refractivity contribution in [3.8, 4) is 11.3 Å². The number of pyridine rings is 1. The van der Waals surface area contributed by atoms with Crippen molar-refractivity contribution in [3.63, 3.8) is 0 Å². The number of fused-ring (bicyclic) bond motifs is 3. The molecule has 1 aromatic heterocycles. The molecule has 0 spiro atoms. The van der Waals surface area contributed by atoms with Crippen molar-refractivity contribution < 1.29 is 20.1 Å². The monoisotopic (exact) mass is 778 g/mol. The summed E-state index contributed by atoms with van der Waals surface area (Å²) in [5.74, 6) is 0.867. The van der Waals surface area contributed by atoms with Gasteiger partial charge in [0.1, 0.15) is 0 Å². The zero-order valence-electron chi connectivity index (χ0n) is 26.8. The molecule has 0 bridgehead atoms. The van der Waals surface area contributed by atoms with Crippen LogP contribution in [0.3, 0.4) is 0 Å². The minimum atomic E-state index is 0. The number of nitrogens with zero attached hydrogens (tertiary/aromatic N) is 4. The van der Waals surface area contributed by atoms with Crippen molar-refractivity contribution in [1.29, 1.82) is 0 Å². The molecule has 0 radical (unpaired) electrons. The molecule has 0 saturated heterocycles. The predicted molar refractivity (Wildman–Crippen MR) is 189 cm³/mol. The molecule has 4 nitrogen and oxygen atoms in total. The molecule has 2 aliphatic heterocycles. The first-order chi connectivity index (χ1) is 21.9. The summed E-state index contributed by atoms with van der Waals surface area (Å²) in [7, 11) is 2.17. The van der Waals surface area contributed by atoms with E-state index in [0.29, 0.717) is 11.8 Å². The minimum absolute atomic E-state index is 0. The van der Waals surface area contributed by atoms with Crippen LogP contribution in [-0.2, 0) is 20.1 Å². The van der Waals surface area contributed by atoms with Crippen LogP contribution in [0.25, 0.3) is 22.0 Å². The van der Waals surface area contributed by atoms with Gasteiger partial charge in [0.25, 0.3) is 0 Å². The first-order valence-corrected chi connectivity index (χ1v) is 15.7. The second-order valence-electron chi connectivity index (χ2n) is 12.2. The maximum atomic E-state index is 4.22. The maximum Gasteiger partial charge on any atom is 3.00 e. The molecule has 0 aliphatic carbocycles. The summed E-state index contributed by atoms with van der Waals surface area (Å²) in [5, 5.41) is 2.36. The second-order valence-corrected chi connectivity index (χ2v) is 12.2. The smallest absolute Gasteiger partial charge is 0.485 e. The summed E-state index contributed by atoms with van der Waals surface area (Å²) >= 11 is 0. The van der Waals surface area contributed by atoms with Gasteiger partial charge in [-0.15, -0.1) is 77.6 Å². The topological polar surface area (TPSA) is 22.6 Å². The molecule has 5 aromatic carbocycles. The Bertz CT molecular complexity index is 1910. The van der Waals surface area contributed by atoms with Crippen LogP contribution >= 0.6 is 0 Å². The fourth-order valence-corrected chi connectivity index (χ4v) is 6.39. The first-order valence-electron chi connectivity index (χ1n) is 15.7. The fourth-order valence-electron chi connectivity index (χ4n) is 6.39. The van der Waals surface area contributed by atoms with Gasteiger partial charge in [0.2, 0.25) is 0 Å². The van der Waals surface area contributed by atoms with Gasteiger partial charge >= 0.3 is 20.1 Å². The molecule has 0 amide bonds. The van der Waals surface area contributed by atoms with Crippen LogP contribution in [0.5, 0.6) is 0 Å². The minimum Gasteiger partial charge on any atom is -0.485 e. The van der Waals surface area contributed by atoms with Crippen LogP contribution in [0.15, 0.2) is 115 Å². The number of aromatic nitrogens is 1. The average Bonchev–Trinajstić information content (AvgIpc) is 3.47. The van der Waals surface area contributed by atoms with E-state index in [-0.39, 0.29) is 20.1 Å². The molecule has 230 valence electrons. The zero-order valence-corrected chi connectivity index (χ0v) is 29.2. The van der Waals surface area contributed by atoms with Gasteiger partial charge in [-0.1, -0.05) is 76.2 Å². The number of rotatable bonds is 4. The Hall–Kier alpha value is -4.44. The first kappa shape index (κ1) is 31.5. The summed E-state index contributed by atoms with van der Waals surface area (Å²) in [6, 6.07) is 44.7. The number of para-hydroxylation sites is 2. The summed E-state index contributed by atoms with van der Waals surface area (Å²) in [6.07, 6.45) is 1.79. The second kappa shape index (κ2) is 13.1. The summed E-state index contributed by atoms with van der Waals surface area (Å²) in [5.41, 5.74) is 12.0. The Morgan fingerprint density at radius 3 is 2.07 bits per heavy atom. The summed E-state index contributed by atoms with van der Waals surface area (Å²) in [6.45, 7) is 11.4. The predicted octanol–water partition coefficient (Wildman–Crippen LogP) is 10.9.